The van der Waals surface area contributed by atoms with E-state index < -0.39 is 0 Å². The maximum absolute atomic E-state index is 6.23. The maximum atomic E-state index is 6.23. The van der Waals surface area contributed by atoms with Crippen LogP contribution in [0.2, 0.25) is 5.02 Å². The second kappa shape index (κ2) is 6.86. The van der Waals surface area contributed by atoms with Crippen LogP contribution in [0.1, 0.15) is 24.0 Å². The number of rotatable bonds is 2. The number of ether oxygens (including phenoxy) is 1. The highest BCUT2D eigenvalue weighted by Gasteiger charge is 2.24. The third kappa shape index (κ3) is 3.27. The summed E-state index contributed by atoms with van der Waals surface area (Å²) in [6, 6.07) is 12.1. The van der Waals surface area contributed by atoms with Crippen LogP contribution in [0.15, 0.2) is 36.4 Å². The van der Waals surface area contributed by atoms with Crippen LogP contribution in [-0.4, -0.2) is 27.2 Å². The average Bonchev–Trinajstić information content (AvgIpc) is 2.81. The number of hydrogen-bond donors (Lipinski definition) is 0. The van der Waals surface area contributed by atoms with Gasteiger partial charge in [-0.25, -0.2) is 4.98 Å². The maximum Gasteiger partial charge on any atom is 0.141 e. The number of benzene rings is 1. The molecule has 26 heavy (non-hydrogen) atoms. The number of imidazole rings is 1. The molecule has 1 aromatic carbocycles. The van der Waals surface area contributed by atoms with Crippen molar-refractivity contribution in [3.63, 3.8) is 0 Å². The van der Waals surface area contributed by atoms with E-state index in [1.165, 1.54) is 5.69 Å². The molecule has 4 nitrogen and oxygen atoms in total. The van der Waals surface area contributed by atoms with Crippen LogP contribution < -0.4 is 0 Å². The standard InChI is InChI=1S/C21H22ClN3O/c1-13-9-17(10-14(2)23-13)20-19-7-8-26-15(3)12-25(19)21(24-20)16-5-4-6-18(22)11-16/h4-6,9-11,15H,7-8,12H2,1-3H3/t15-/m1/s1. The molecule has 1 aliphatic rings. The van der Waals surface area contributed by atoms with Gasteiger partial charge in [-0.15, -0.1) is 0 Å². The third-order valence-electron chi connectivity index (χ3n) is 4.69. The molecule has 0 spiro atoms. The largest absolute Gasteiger partial charge is 0.376 e. The van der Waals surface area contributed by atoms with Gasteiger partial charge < -0.3 is 9.30 Å². The molecule has 0 amide bonds. The number of fused-ring (bicyclic) bond motifs is 1. The van der Waals surface area contributed by atoms with E-state index in [1.807, 2.05) is 32.0 Å². The summed E-state index contributed by atoms with van der Waals surface area (Å²) in [5, 5.41) is 0.718. The first-order chi connectivity index (χ1) is 12.5. The molecule has 1 atom stereocenters. The van der Waals surface area contributed by atoms with E-state index in [9.17, 15) is 0 Å². The molecule has 0 radical (unpaired) electrons. The molecule has 3 heterocycles. The minimum Gasteiger partial charge on any atom is -0.376 e. The Hall–Kier alpha value is -2.17. The Kier molecular flexibility index (Phi) is 4.55. The molecule has 134 valence electrons. The van der Waals surface area contributed by atoms with Gasteiger partial charge in [0, 0.05) is 39.7 Å². The molecule has 0 fully saturated rings. The third-order valence-corrected chi connectivity index (χ3v) is 4.93. The van der Waals surface area contributed by atoms with Gasteiger partial charge in [-0.1, -0.05) is 23.7 Å². The predicted octanol–water partition coefficient (Wildman–Crippen LogP) is 4.84. The lowest BCUT2D eigenvalue weighted by Crippen LogP contribution is -2.14. The molecule has 0 unspecified atom stereocenters. The summed E-state index contributed by atoms with van der Waals surface area (Å²) >= 11 is 6.23. The van der Waals surface area contributed by atoms with E-state index >= 15 is 0 Å². The highest BCUT2D eigenvalue weighted by atomic mass is 35.5. The van der Waals surface area contributed by atoms with Gasteiger partial charge in [-0.3, -0.25) is 4.98 Å². The Bertz CT molecular complexity index is 944. The second-order valence-corrected chi connectivity index (χ2v) is 7.36. The molecule has 0 saturated carbocycles. The summed E-state index contributed by atoms with van der Waals surface area (Å²) < 4.78 is 8.20. The van der Waals surface area contributed by atoms with Crippen molar-refractivity contribution in [3.05, 3.63) is 58.5 Å². The minimum absolute atomic E-state index is 0.150. The van der Waals surface area contributed by atoms with Crippen molar-refractivity contribution in [2.24, 2.45) is 0 Å². The van der Waals surface area contributed by atoms with Crippen molar-refractivity contribution in [3.8, 4) is 22.6 Å². The fourth-order valence-corrected chi connectivity index (χ4v) is 3.84. The van der Waals surface area contributed by atoms with Crippen LogP contribution in [0.3, 0.4) is 0 Å². The molecular weight excluding hydrogens is 346 g/mol. The molecule has 0 N–H and O–H groups in total. The Morgan fingerprint density at radius 2 is 1.85 bits per heavy atom. The summed E-state index contributed by atoms with van der Waals surface area (Å²) in [6.07, 6.45) is 0.991. The van der Waals surface area contributed by atoms with Crippen molar-refractivity contribution in [1.29, 1.82) is 0 Å². The molecule has 5 heteroatoms. The van der Waals surface area contributed by atoms with Crippen LogP contribution in [0.4, 0.5) is 0 Å². The van der Waals surface area contributed by atoms with Crippen LogP contribution in [0, 0.1) is 13.8 Å². The summed E-state index contributed by atoms with van der Waals surface area (Å²) in [7, 11) is 0. The van der Waals surface area contributed by atoms with E-state index in [4.69, 9.17) is 21.3 Å². The van der Waals surface area contributed by atoms with Gasteiger partial charge >= 0.3 is 0 Å². The van der Waals surface area contributed by atoms with Gasteiger partial charge in [0.15, 0.2) is 0 Å². The van der Waals surface area contributed by atoms with E-state index in [1.54, 1.807) is 0 Å². The fourth-order valence-electron chi connectivity index (χ4n) is 3.65. The molecule has 0 saturated heterocycles. The second-order valence-electron chi connectivity index (χ2n) is 6.92. The first kappa shape index (κ1) is 17.3. The van der Waals surface area contributed by atoms with Gasteiger partial charge in [-0.2, -0.15) is 0 Å². The van der Waals surface area contributed by atoms with Crippen molar-refractivity contribution < 1.29 is 4.74 Å². The van der Waals surface area contributed by atoms with E-state index in [0.29, 0.717) is 6.61 Å². The van der Waals surface area contributed by atoms with Gasteiger partial charge in [-0.05, 0) is 45.0 Å². The number of hydrogen-bond acceptors (Lipinski definition) is 3. The Labute approximate surface area is 158 Å². The average molecular weight is 368 g/mol. The van der Waals surface area contributed by atoms with Crippen LogP contribution in [-0.2, 0) is 17.7 Å². The lowest BCUT2D eigenvalue weighted by Gasteiger charge is -2.13. The zero-order chi connectivity index (χ0) is 18.3. The van der Waals surface area contributed by atoms with Crippen LogP contribution in [0.25, 0.3) is 22.6 Å². The Balaban J connectivity index is 1.94. The quantitative estimate of drug-likeness (QED) is 0.650. The van der Waals surface area contributed by atoms with Crippen molar-refractivity contribution in [1.82, 2.24) is 14.5 Å². The summed E-state index contributed by atoms with van der Waals surface area (Å²) in [6.45, 7) is 7.64. The number of aromatic nitrogens is 3. The Morgan fingerprint density at radius 1 is 1.08 bits per heavy atom. The van der Waals surface area contributed by atoms with E-state index in [0.717, 1.165) is 52.0 Å². The zero-order valence-electron chi connectivity index (χ0n) is 15.3. The normalized spacial score (nSPS) is 17.0. The number of pyridine rings is 1. The first-order valence-corrected chi connectivity index (χ1v) is 9.31. The molecular formula is C21H22ClN3O. The fraction of sp³-hybridized carbons (Fsp3) is 0.333. The predicted molar refractivity (Wildman–Crippen MR) is 104 cm³/mol. The monoisotopic (exact) mass is 367 g/mol. The number of halogens is 1. The van der Waals surface area contributed by atoms with E-state index in [-0.39, 0.29) is 6.10 Å². The van der Waals surface area contributed by atoms with Gasteiger partial charge in [0.2, 0.25) is 0 Å². The van der Waals surface area contributed by atoms with Crippen molar-refractivity contribution in [2.45, 2.75) is 39.8 Å². The zero-order valence-corrected chi connectivity index (χ0v) is 16.0. The molecule has 1 aliphatic heterocycles. The molecule has 0 aliphatic carbocycles. The topological polar surface area (TPSA) is 39.9 Å². The summed E-state index contributed by atoms with van der Waals surface area (Å²) in [5.41, 5.74) is 6.39. The molecule has 0 bridgehead atoms. The Morgan fingerprint density at radius 3 is 2.58 bits per heavy atom. The number of nitrogens with zero attached hydrogens (tertiary/aromatic N) is 3. The van der Waals surface area contributed by atoms with Crippen LogP contribution >= 0.6 is 11.6 Å². The van der Waals surface area contributed by atoms with Gasteiger partial charge in [0.1, 0.15) is 5.82 Å². The highest BCUT2D eigenvalue weighted by Crippen LogP contribution is 2.33. The van der Waals surface area contributed by atoms with Crippen molar-refractivity contribution in [2.75, 3.05) is 6.61 Å². The van der Waals surface area contributed by atoms with Crippen molar-refractivity contribution >= 4 is 11.6 Å². The van der Waals surface area contributed by atoms with Gasteiger partial charge in [0.25, 0.3) is 0 Å². The number of aryl methyl sites for hydroxylation is 2. The van der Waals surface area contributed by atoms with Crippen LogP contribution in [0.5, 0.6) is 0 Å². The smallest absolute Gasteiger partial charge is 0.141 e. The SMILES string of the molecule is Cc1cc(-c2nc(-c3cccc(Cl)c3)n3c2CCO[C@H](C)C3)cc(C)n1. The summed E-state index contributed by atoms with van der Waals surface area (Å²) in [4.78, 5) is 9.56. The van der Waals surface area contributed by atoms with Gasteiger partial charge in [0.05, 0.1) is 24.9 Å². The highest BCUT2D eigenvalue weighted by molar-refractivity contribution is 6.30. The molecule has 3 aromatic rings. The summed E-state index contributed by atoms with van der Waals surface area (Å²) in [5.74, 6) is 0.946. The van der Waals surface area contributed by atoms with E-state index in [2.05, 4.69) is 34.7 Å². The first-order valence-electron chi connectivity index (χ1n) is 8.94. The minimum atomic E-state index is 0.150. The lowest BCUT2D eigenvalue weighted by molar-refractivity contribution is 0.0666. The molecule has 2 aromatic heterocycles. The molecule has 4 rings (SSSR count). The lowest BCUT2D eigenvalue weighted by atomic mass is 10.1.